The van der Waals surface area contributed by atoms with Crippen molar-refractivity contribution in [3.05, 3.63) is 64.8 Å². The van der Waals surface area contributed by atoms with Crippen LogP contribution < -0.4 is 4.74 Å². The van der Waals surface area contributed by atoms with Gasteiger partial charge in [-0.25, -0.2) is 4.39 Å². The number of benzene rings is 2. The minimum atomic E-state index is -0.171. The van der Waals surface area contributed by atoms with Crippen LogP contribution in [0.5, 0.6) is 5.75 Å². The van der Waals surface area contributed by atoms with E-state index in [0.29, 0.717) is 12.0 Å². The molecule has 0 spiro atoms. The van der Waals surface area contributed by atoms with Crippen molar-refractivity contribution in [2.75, 3.05) is 0 Å². The zero-order valence-electron chi connectivity index (χ0n) is 10.5. The molecule has 0 fully saturated rings. The molecule has 0 aliphatic heterocycles. The topological polar surface area (TPSA) is 9.23 Å². The summed E-state index contributed by atoms with van der Waals surface area (Å²) in [6, 6.07) is 14.9. The fourth-order valence-corrected chi connectivity index (χ4v) is 3.00. The van der Waals surface area contributed by atoms with E-state index in [1.54, 1.807) is 17.4 Å². The van der Waals surface area contributed by atoms with Gasteiger partial charge in [0, 0.05) is 15.0 Å². The van der Waals surface area contributed by atoms with E-state index < -0.39 is 0 Å². The molecular weight excluding hydrogens is 259 g/mol. The second-order valence-electron chi connectivity index (χ2n) is 4.47. The highest BCUT2D eigenvalue weighted by Crippen LogP contribution is 2.28. The van der Waals surface area contributed by atoms with Crippen LogP contribution >= 0.6 is 11.3 Å². The summed E-state index contributed by atoms with van der Waals surface area (Å²) in [6.07, 6.45) is 0. The van der Waals surface area contributed by atoms with E-state index in [9.17, 15) is 4.39 Å². The zero-order valence-corrected chi connectivity index (χ0v) is 11.3. The molecule has 0 unspecified atom stereocenters. The van der Waals surface area contributed by atoms with Gasteiger partial charge >= 0.3 is 0 Å². The van der Waals surface area contributed by atoms with Gasteiger partial charge in [-0.3, -0.25) is 0 Å². The second kappa shape index (κ2) is 5.02. The van der Waals surface area contributed by atoms with Crippen LogP contribution in [0.1, 0.15) is 10.4 Å². The van der Waals surface area contributed by atoms with Crippen LogP contribution in [0.4, 0.5) is 4.39 Å². The highest BCUT2D eigenvalue weighted by molar-refractivity contribution is 7.19. The van der Waals surface area contributed by atoms with Gasteiger partial charge in [-0.05, 0) is 42.8 Å². The fourth-order valence-electron chi connectivity index (χ4n) is 2.01. The molecule has 19 heavy (non-hydrogen) atoms. The number of hydrogen-bond donors (Lipinski definition) is 0. The highest BCUT2D eigenvalue weighted by atomic mass is 32.1. The van der Waals surface area contributed by atoms with E-state index >= 15 is 0 Å². The van der Waals surface area contributed by atoms with Crippen LogP contribution in [-0.4, -0.2) is 0 Å². The second-order valence-corrected chi connectivity index (χ2v) is 5.64. The third kappa shape index (κ3) is 2.61. The molecule has 0 amide bonds. The number of halogens is 1. The third-order valence-corrected chi connectivity index (χ3v) is 4.00. The van der Waals surface area contributed by atoms with E-state index in [1.165, 1.54) is 11.6 Å². The molecule has 1 aromatic heterocycles. The average Bonchev–Trinajstić information content (AvgIpc) is 2.81. The summed E-state index contributed by atoms with van der Waals surface area (Å²) in [4.78, 5) is 1.03. The third-order valence-electron chi connectivity index (χ3n) is 2.93. The number of hydrogen-bond acceptors (Lipinski definition) is 2. The van der Waals surface area contributed by atoms with Crippen molar-refractivity contribution < 1.29 is 9.13 Å². The van der Waals surface area contributed by atoms with E-state index in [2.05, 4.69) is 0 Å². The van der Waals surface area contributed by atoms with Crippen LogP contribution in [0.25, 0.3) is 10.1 Å². The van der Waals surface area contributed by atoms with Gasteiger partial charge in [0.15, 0.2) is 0 Å². The van der Waals surface area contributed by atoms with Crippen LogP contribution in [-0.2, 0) is 6.61 Å². The van der Waals surface area contributed by atoms with Crippen molar-refractivity contribution in [3.63, 3.8) is 0 Å². The Morgan fingerprint density at radius 2 is 1.95 bits per heavy atom. The summed E-state index contributed by atoms with van der Waals surface area (Å²) >= 11 is 1.57. The van der Waals surface area contributed by atoms with Crippen molar-refractivity contribution in [1.82, 2.24) is 0 Å². The van der Waals surface area contributed by atoms with Gasteiger partial charge in [0.1, 0.15) is 18.2 Å². The summed E-state index contributed by atoms with van der Waals surface area (Å²) in [7, 11) is 0. The zero-order chi connectivity index (χ0) is 13.2. The Hall–Kier alpha value is -1.87. The van der Waals surface area contributed by atoms with Crippen molar-refractivity contribution in [3.8, 4) is 5.75 Å². The maximum absolute atomic E-state index is 13.6. The van der Waals surface area contributed by atoms with Crippen molar-refractivity contribution in [2.24, 2.45) is 0 Å². The Morgan fingerprint density at radius 3 is 2.74 bits per heavy atom. The Kier molecular flexibility index (Phi) is 3.22. The van der Waals surface area contributed by atoms with Gasteiger partial charge in [0.05, 0.1) is 0 Å². The van der Waals surface area contributed by atoms with Crippen LogP contribution in [0, 0.1) is 12.7 Å². The lowest BCUT2D eigenvalue weighted by atomic mass is 10.2. The summed E-state index contributed by atoms with van der Waals surface area (Å²) in [5.41, 5.74) is 1.17. The first kappa shape index (κ1) is 12.2. The lowest BCUT2D eigenvalue weighted by molar-refractivity contribution is 0.309. The molecule has 1 nitrogen and oxygen atoms in total. The summed E-state index contributed by atoms with van der Waals surface area (Å²) < 4.78 is 20.3. The summed E-state index contributed by atoms with van der Waals surface area (Å²) in [5.74, 6) is 0.675. The number of aryl methyl sites for hydroxylation is 1. The predicted molar refractivity (Wildman–Crippen MR) is 77.3 cm³/mol. The minimum Gasteiger partial charge on any atom is -0.488 e. The molecule has 0 saturated carbocycles. The van der Waals surface area contributed by atoms with E-state index in [0.717, 1.165) is 15.3 Å². The number of thiophene rings is 1. The van der Waals surface area contributed by atoms with Crippen molar-refractivity contribution in [2.45, 2.75) is 13.5 Å². The smallest absolute Gasteiger partial charge is 0.131 e. The first-order valence-corrected chi connectivity index (χ1v) is 6.90. The van der Waals surface area contributed by atoms with Crippen molar-refractivity contribution in [1.29, 1.82) is 0 Å². The summed E-state index contributed by atoms with van der Waals surface area (Å²) in [5, 5.41) is 0.676. The molecule has 0 saturated heterocycles. The first-order chi connectivity index (χ1) is 9.22. The molecular formula is C16H13FOS. The maximum atomic E-state index is 13.6. The predicted octanol–water partition coefficient (Wildman–Crippen LogP) is 4.93. The lowest BCUT2D eigenvalue weighted by Gasteiger charge is -2.04. The van der Waals surface area contributed by atoms with Gasteiger partial charge in [0.25, 0.3) is 0 Å². The molecule has 0 bridgehead atoms. The van der Waals surface area contributed by atoms with E-state index in [-0.39, 0.29) is 5.82 Å². The molecule has 1 heterocycles. The van der Waals surface area contributed by atoms with E-state index in [4.69, 9.17) is 4.74 Å². The van der Waals surface area contributed by atoms with Gasteiger partial charge in [-0.1, -0.05) is 18.2 Å². The van der Waals surface area contributed by atoms with Gasteiger partial charge in [-0.15, -0.1) is 11.3 Å². The molecule has 96 valence electrons. The molecule has 3 rings (SSSR count). The molecule has 3 aromatic rings. The Labute approximate surface area is 115 Å². The number of fused-ring (bicyclic) bond motifs is 1. The largest absolute Gasteiger partial charge is 0.488 e. The molecule has 3 heteroatoms. The Balaban J connectivity index is 1.80. The molecule has 2 aromatic carbocycles. The van der Waals surface area contributed by atoms with Gasteiger partial charge in [-0.2, -0.15) is 0 Å². The monoisotopic (exact) mass is 272 g/mol. The van der Waals surface area contributed by atoms with Gasteiger partial charge in [0.2, 0.25) is 0 Å². The average molecular weight is 272 g/mol. The molecule has 0 radical (unpaired) electrons. The van der Waals surface area contributed by atoms with Crippen LogP contribution in [0.3, 0.4) is 0 Å². The molecule has 0 aliphatic rings. The first-order valence-electron chi connectivity index (χ1n) is 6.09. The normalized spacial score (nSPS) is 10.8. The maximum Gasteiger partial charge on any atom is 0.131 e. The minimum absolute atomic E-state index is 0.171. The van der Waals surface area contributed by atoms with Gasteiger partial charge < -0.3 is 4.74 Å². The number of ether oxygens (including phenoxy) is 1. The quantitative estimate of drug-likeness (QED) is 0.657. The standard InChI is InChI=1S/C16H13FOS/c1-11-4-2-5-12(8-11)18-10-13-9-14-15(17)6-3-7-16(14)19-13/h2-9H,10H2,1H3. The Morgan fingerprint density at radius 1 is 1.11 bits per heavy atom. The van der Waals surface area contributed by atoms with Crippen LogP contribution in [0.15, 0.2) is 48.5 Å². The highest BCUT2D eigenvalue weighted by Gasteiger charge is 2.06. The molecule has 0 aliphatic carbocycles. The lowest BCUT2D eigenvalue weighted by Crippen LogP contribution is -1.92. The SMILES string of the molecule is Cc1cccc(OCc2cc3c(F)cccc3s2)c1. The van der Waals surface area contributed by atoms with E-state index in [1.807, 2.05) is 43.3 Å². The molecule has 0 atom stereocenters. The summed E-state index contributed by atoms with van der Waals surface area (Å²) in [6.45, 7) is 2.50. The van der Waals surface area contributed by atoms with Crippen LogP contribution in [0.2, 0.25) is 0 Å². The fraction of sp³-hybridized carbons (Fsp3) is 0.125. The Bertz CT molecular complexity index is 718. The molecule has 0 N–H and O–H groups in total. The van der Waals surface area contributed by atoms with Crippen molar-refractivity contribution >= 4 is 21.4 Å². The number of rotatable bonds is 3.